The maximum atomic E-state index is 13.7. The Kier molecular flexibility index (Phi) is 8.26. The molecule has 1 aliphatic rings. The van der Waals surface area contributed by atoms with Crippen LogP contribution in [0.15, 0.2) is 78.2 Å². The summed E-state index contributed by atoms with van der Waals surface area (Å²) in [6.45, 7) is -0.787. The molecular formula is C26H22F2N8O4. The average molecular weight is 549 g/mol. The van der Waals surface area contributed by atoms with Crippen LogP contribution in [0.5, 0.6) is 0 Å². The van der Waals surface area contributed by atoms with E-state index in [0.29, 0.717) is 15.7 Å². The fourth-order valence-electron chi connectivity index (χ4n) is 4.05. The van der Waals surface area contributed by atoms with Gasteiger partial charge >= 0.3 is 11.6 Å². The topological polar surface area (TPSA) is 189 Å². The van der Waals surface area contributed by atoms with Crippen molar-refractivity contribution in [1.82, 2.24) is 24.3 Å². The van der Waals surface area contributed by atoms with Crippen LogP contribution in [0.1, 0.15) is 34.5 Å². The summed E-state index contributed by atoms with van der Waals surface area (Å²) in [6.07, 6.45) is -1.55. The van der Waals surface area contributed by atoms with E-state index in [0.717, 1.165) is 23.4 Å². The molecule has 4 aromatic rings. The van der Waals surface area contributed by atoms with Crippen LogP contribution in [0.3, 0.4) is 0 Å². The number of aliphatic hydroxyl groups excluding tert-OH is 2. The second kappa shape index (κ2) is 11.8. The minimum Gasteiger partial charge on any atom is -0.394 e. The molecule has 1 aliphatic heterocycles. The van der Waals surface area contributed by atoms with Gasteiger partial charge in [-0.2, -0.15) is 29.4 Å². The number of nitriles is 2. The molecule has 204 valence electrons. The van der Waals surface area contributed by atoms with Crippen LogP contribution in [-0.4, -0.2) is 59.3 Å². The average Bonchev–Trinajstić information content (AvgIpc) is 3.57. The lowest BCUT2D eigenvalue weighted by Crippen LogP contribution is -2.41. The maximum Gasteiger partial charge on any atom is 0.351 e. The van der Waals surface area contributed by atoms with Crippen LogP contribution in [0, 0.1) is 22.7 Å². The molecule has 14 heteroatoms. The van der Waals surface area contributed by atoms with Gasteiger partial charge in [0.15, 0.2) is 6.10 Å². The van der Waals surface area contributed by atoms with Crippen LogP contribution in [0.25, 0.3) is 0 Å². The van der Waals surface area contributed by atoms with Gasteiger partial charge in [0.2, 0.25) is 6.23 Å². The Hall–Kier alpha value is -5.02. The van der Waals surface area contributed by atoms with Gasteiger partial charge in [0.25, 0.3) is 0 Å². The number of hydrogen-bond acceptors (Lipinski definition) is 10. The van der Waals surface area contributed by atoms with Crippen LogP contribution in [-0.2, 0) is 4.74 Å². The molecule has 0 saturated carbocycles. The second-order valence-electron chi connectivity index (χ2n) is 8.62. The van der Waals surface area contributed by atoms with E-state index >= 15 is 0 Å². The highest BCUT2D eigenvalue weighted by Gasteiger charge is 2.59. The summed E-state index contributed by atoms with van der Waals surface area (Å²) in [5.41, 5.74) is 7.42. The van der Waals surface area contributed by atoms with E-state index in [4.69, 9.17) is 26.1 Å². The van der Waals surface area contributed by atoms with Gasteiger partial charge < -0.3 is 20.7 Å². The number of nitrogens with two attached hydrogens (primary N) is 1. The van der Waals surface area contributed by atoms with Crippen LogP contribution >= 0.6 is 0 Å². The third kappa shape index (κ3) is 5.69. The zero-order valence-corrected chi connectivity index (χ0v) is 20.6. The SMILES string of the molecule is N#Cc1ccc(C(c2ccc(C#N)cc2)n2cncn2)cc1.Nc1ccn([C@@H]2O[C@H](CO)[C@@H](O)C2(F)F)c(=O)n1. The lowest BCUT2D eigenvalue weighted by molar-refractivity contribution is -0.140. The van der Waals surface area contributed by atoms with Crippen molar-refractivity contribution in [2.24, 2.45) is 0 Å². The lowest BCUT2D eigenvalue weighted by atomic mass is 9.97. The minimum atomic E-state index is -3.71. The number of nitrogens with zero attached hydrogens (tertiary/aromatic N) is 7. The summed E-state index contributed by atoms with van der Waals surface area (Å²) < 4.78 is 34.5. The molecule has 0 bridgehead atoms. The first-order valence-electron chi connectivity index (χ1n) is 11.7. The number of nitrogen functional groups attached to an aromatic ring is 1. The van der Waals surface area contributed by atoms with Crippen LogP contribution < -0.4 is 11.4 Å². The van der Waals surface area contributed by atoms with Crippen LogP contribution in [0.2, 0.25) is 0 Å². The van der Waals surface area contributed by atoms with Crippen LogP contribution in [0.4, 0.5) is 14.6 Å². The van der Waals surface area contributed by atoms with E-state index in [1.165, 1.54) is 6.33 Å². The van der Waals surface area contributed by atoms with Gasteiger partial charge in [-0.3, -0.25) is 4.57 Å². The van der Waals surface area contributed by atoms with Gasteiger partial charge in [0.1, 0.15) is 30.6 Å². The predicted octanol–water partition coefficient (Wildman–Crippen LogP) is 1.37. The number of hydrogen-bond donors (Lipinski definition) is 3. The number of benzene rings is 2. The quantitative estimate of drug-likeness (QED) is 0.328. The Morgan fingerprint density at radius 1 is 1.05 bits per heavy atom. The first kappa shape index (κ1) is 28.0. The first-order chi connectivity index (χ1) is 19.2. The minimum absolute atomic E-state index is 0.114. The Morgan fingerprint density at radius 3 is 2.05 bits per heavy atom. The molecule has 40 heavy (non-hydrogen) atoms. The molecule has 0 unspecified atom stereocenters. The predicted molar refractivity (Wildman–Crippen MR) is 134 cm³/mol. The first-order valence-corrected chi connectivity index (χ1v) is 11.7. The number of anilines is 1. The molecule has 2 aromatic carbocycles. The van der Waals surface area contributed by atoms with Crippen molar-refractivity contribution in [1.29, 1.82) is 10.5 Å². The van der Waals surface area contributed by atoms with Gasteiger partial charge in [0, 0.05) is 6.20 Å². The van der Waals surface area contributed by atoms with Crippen molar-refractivity contribution in [3.8, 4) is 12.1 Å². The third-order valence-corrected chi connectivity index (χ3v) is 6.08. The molecule has 1 fully saturated rings. The largest absolute Gasteiger partial charge is 0.394 e. The zero-order chi connectivity index (χ0) is 28.9. The molecule has 3 heterocycles. The Labute approximate surface area is 225 Å². The molecule has 4 N–H and O–H groups in total. The van der Waals surface area contributed by atoms with Gasteiger partial charge in [-0.1, -0.05) is 24.3 Å². The van der Waals surface area contributed by atoms with E-state index in [2.05, 4.69) is 27.2 Å². The fraction of sp³-hybridized carbons (Fsp3) is 0.231. The number of halogens is 2. The third-order valence-electron chi connectivity index (χ3n) is 6.08. The number of aromatic nitrogens is 5. The normalized spacial score (nSPS) is 19.3. The molecular weight excluding hydrogens is 526 g/mol. The van der Waals surface area contributed by atoms with E-state index in [-0.39, 0.29) is 11.9 Å². The molecule has 5 rings (SSSR count). The van der Waals surface area contributed by atoms with Crippen molar-refractivity contribution in [3.05, 3.63) is 106 Å². The number of rotatable bonds is 5. The number of aliphatic hydroxyl groups is 2. The Morgan fingerprint density at radius 2 is 1.62 bits per heavy atom. The Bertz CT molecular complexity index is 1520. The number of alkyl halides is 2. The van der Waals surface area contributed by atoms with Gasteiger partial charge in [-0.05, 0) is 41.5 Å². The van der Waals surface area contributed by atoms with Gasteiger partial charge in [0.05, 0.1) is 29.9 Å². The molecule has 2 aromatic heterocycles. The summed E-state index contributed by atoms with van der Waals surface area (Å²) in [6, 6.07) is 20.0. The molecule has 0 aliphatic carbocycles. The molecule has 1 saturated heterocycles. The summed E-state index contributed by atoms with van der Waals surface area (Å²) in [5.74, 6) is -3.83. The fourth-order valence-corrected chi connectivity index (χ4v) is 4.05. The lowest BCUT2D eigenvalue weighted by Gasteiger charge is -2.20. The molecule has 0 spiro atoms. The van der Waals surface area contributed by atoms with Crippen molar-refractivity contribution in [2.45, 2.75) is 30.4 Å². The van der Waals surface area contributed by atoms with Gasteiger partial charge in [-0.15, -0.1) is 0 Å². The summed E-state index contributed by atoms with van der Waals surface area (Å²) in [4.78, 5) is 18.7. The van der Waals surface area contributed by atoms with E-state index in [9.17, 15) is 18.7 Å². The highest BCUT2D eigenvalue weighted by atomic mass is 19.3. The zero-order valence-electron chi connectivity index (χ0n) is 20.6. The highest BCUT2D eigenvalue weighted by molar-refractivity contribution is 5.40. The van der Waals surface area contributed by atoms with Crippen molar-refractivity contribution >= 4 is 5.82 Å². The van der Waals surface area contributed by atoms with Crippen molar-refractivity contribution in [3.63, 3.8) is 0 Å². The maximum absolute atomic E-state index is 13.7. The monoisotopic (exact) mass is 548 g/mol. The highest BCUT2D eigenvalue weighted by Crippen LogP contribution is 2.41. The standard InChI is InChI=1S/C17H11N5.C9H11F2N3O4/c18-9-13-1-5-15(6-2-13)17(22-12-20-11-21-22)16-7-3-14(10-19)4-8-16;10-9(11)6(16)4(3-15)18-7(9)14-2-1-5(12)13-8(14)17/h1-8,11-12,17H;1-2,4,6-7,15-16H,3H2,(H2,12,13,17)/t;4-,6-,7-/m.1/s1. The summed E-state index contributed by atoms with van der Waals surface area (Å²) in [5, 5.41) is 40.2. The molecule has 0 radical (unpaired) electrons. The number of ether oxygens (including phenoxy) is 1. The van der Waals surface area contributed by atoms with E-state index in [1.54, 1.807) is 35.3 Å². The van der Waals surface area contributed by atoms with E-state index in [1.807, 2.05) is 24.3 Å². The van der Waals surface area contributed by atoms with Gasteiger partial charge in [-0.25, -0.2) is 14.5 Å². The molecule has 3 atom stereocenters. The summed E-state index contributed by atoms with van der Waals surface area (Å²) in [7, 11) is 0. The molecule has 0 amide bonds. The van der Waals surface area contributed by atoms with E-state index < -0.39 is 36.7 Å². The second-order valence-corrected chi connectivity index (χ2v) is 8.62. The molecule has 12 nitrogen and oxygen atoms in total. The smallest absolute Gasteiger partial charge is 0.351 e. The summed E-state index contributed by atoms with van der Waals surface area (Å²) >= 11 is 0. The van der Waals surface area contributed by atoms with Crippen molar-refractivity contribution < 1.29 is 23.7 Å². The van der Waals surface area contributed by atoms with Crippen molar-refractivity contribution in [2.75, 3.05) is 12.3 Å². The Balaban J connectivity index is 0.000000189.